The summed E-state index contributed by atoms with van der Waals surface area (Å²) in [7, 11) is 0. The minimum absolute atomic E-state index is 0.00183. The van der Waals surface area contributed by atoms with Gasteiger partial charge >= 0.3 is 5.97 Å². The number of halogens is 3. The van der Waals surface area contributed by atoms with Crippen molar-refractivity contribution in [1.82, 2.24) is 0 Å². The van der Waals surface area contributed by atoms with E-state index in [0.29, 0.717) is 5.56 Å². The summed E-state index contributed by atoms with van der Waals surface area (Å²) in [4.78, 5) is 16.0. The van der Waals surface area contributed by atoms with E-state index in [9.17, 15) is 9.18 Å². The molecule has 0 unspecified atom stereocenters. The van der Waals surface area contributed by atoms with Crippen molar-refractivity contribution in [3.63, 3.8) is 0 Å². The van der Waals surface area contributed by atoms with Gasteiger partial charge in [0.1, 0.15) is 5.82 Å². The molecule has 1 aliphatic rings. The molecule has 0 bridgehead atoms. The highest BCUT2D eigenvalue weighted by Crippen LogP contribution is 2.25. The molecule has 2 aromatic rings. The highest BCUT2D eigenvalue weighted by molar-refractivity contribution is 9.10. The van der Waals surface area contributed by atoms with Crippen LogP contribution in [0.4, 0.5) is 4.39 Å². The van der Waals surface area contributed by atoms with E-state index < -0.39 is 11.8 Å². The van der Waals surface area contributed by atoms with Gasteiger partial charge < -0.3 is 4.74 Å². The fourth-order valence-electron chi connectivity index (χ4n) is 1.94. The van der Waals surface area contributed by atoms with Crippen molar-refractivity contribution in [1.29, 1.82) is 0 Å². The van der Waals surface area contributed by atoms with Gasteiger partial charge in [0, 0.05) is 15.6 Å². The van der Waals surface area contributed by atoms with Crippen LogP contribution in [0.1, 0.15) is 11.1 Å². The summed E-state index contributed by atoms with van der Waals surface area (Å²) in [5.74, 6) is -1.00. The number of hydrogen-bond acceptors (Lipinski definition) is 3. The van der Waals surface area contributed by atoms with E-state index in [4.69, 9.17) is 16.3 Å². The number of carbonyl (C=O) groups excluding carboxylic acids is 1. The lowest BCUT2D eigenvalue weighted by molar-refractivity contribution is -0.129. The van der Waals surface area contributed by atoms with E-state index in [1.165, 1.54) is 24.3 Å². The molecule has 0 N–H and O–H groups in total. The lowest BCUT2D eigenvalue weighted by Gasteiger charge is -1.99. The number of cyclic esters (lactones) is 1. The van der Waals surface area contributed by atoms with Gasteiger partial charge in [0.2, 0.25) is 5.90 Å². The Hall–Kier alpha value is -1.98. The first-order chi connectivity index (χ1) is 10.5. The number of ether oxygens (including phenoxy) is 1. The molecule has 0 radical (unpaired) electrons. The van der Waals surface area contributed by atoms with Crippen LogP contribution in [0.2, 0.25) is 5.02 Å². The molecule has 1 heterocycles. The predicted molar refractivity (Wildman–Crippen MR) is 86.2 cm³/mol. The van der Waals surface area contributed by atoms with Crippen molar-refractivity contribution >= 4 is 45.5 Å². The minimum Gasteiger partial charge on any atom is -0.402 e. The molecular formula is C16H8BrClFNO2. The minimum atomic E-state index is -0.644. The molecule has 22 heavy (non-hydrogen) atoms. The van der Waals surface area contributed by atoms with Crippen molar-refractivity contribution in [2.75, 3.05) is 0 Å². The molecule has 0 saturated carbocycles. The summed E-state index contributed by atoms with van der Waals surface area (Å²) < 4.78 is 19.7. The number of rotatable bonds is 2. The fourth-order valence-corrected chi connectivity index (χ4v) is 2.56. The zero-order chi connectivity index (χ0) is 15.7. The Balaban J connectivity index is 2.02. The van der Waals surface area contributed by atoms with Gasteiger partial charge in [0.05, 0.1) is 5.02 Å². The Kier molecular flexibility index (Phi) is 4.09. The maximum atomic E-state index is 13.8. The number of carbonyl (C=O) groups is 1. The highest BCUT2D eigenvalue weighted by Gasteiger charge is 2.25. The second-order valence-electron chi connectivity index (χ2n) is 4.48. The van der Waals surface area contributed by atoms with Gasteiger partial charge in [-0.25, -0.2) is 14.2 Å². The largest absolute Gasteiger partial charge is 0.402 e. The molecule has 0 aliphatic carbocycles. The Labute approximate surface area is 139 Å². The van der Waals surface area contributed by atoms with Gasteiger partial charge in [-0.1, -0.05) is 39.7 Å². The average molecular weight is 381 g/mol. The lowest BCUT2D eigenvalue weighted by Crippen LogP contribution is -2.05. The van der Waals surface area contributed by atoms with Crippen molar-refractivity contribution < 1.29 is 13.9 Å². The first-order valence-electron chi connectivity index (χ1n) is 6.27. The molecule has 3 nitrogen and oxygen atoms in total. The predicted octanol–water partition coefficient (Wildman–Crippen LogP) is 4.59. The highest BCUT2D eigenvalue weighted by atomic mass is 79.9. The summed E-state index contributed by atoms with van der Waals surface area (Å²) >= 11 is 9.27. The SMILES string of the molecule is O=C1OC(c2cccc(Br)c2)=N/C1=C\c1c(F)cccc1Cl. The summed E-state index contributed by atoms with van der Waals surface area (Å²) in [6, 6.07) is 11.5. The molecule has 0 spiro atoms. The number of benzene rings is 2. The van der Waals surface area contributed by atoms with Gasteiger partial charge in [-0.05, 0) is 36.4 Å². The van der Waals surface area contributed by atoms with E-state index in [-0.39, 0.29) is 22.2 Å². The smallest absolute Gasteiger partial charge is 0.363 e. The fraction of sp³-hybridized carbons (Fsp3) is 0. The number of aliphatic imine (C=N–C) groups is 1. The molecule has 0 amide bonds. The van der Waals surface area contributed by atoms with Crippen molar-refractivity contribution in [3.8, 4) is 0 Å². The quantitative estimate of drug-likeness (QED) is 0.565. The molecule has 1 aliphatic heterocycles. The monoisotopic (exact) mass is 379 g/mol. The van der Waals surface area contributed by atoms with Crippen molar-refractivity contribution in [2.24, 2.45) is 4.99 Å². The summed E-state index contributed by atoms with van der Waals surface area (Å²) in [6.07, 6.45) is 1.28. The third-order valence-corrected chi connectivity index (χ3v) is 3.80. The van der Waals surface area contributed by atoms with Crippen LogP contribution < -0.4 is 0 Å². The molecule has 3 rings (SSSR count). The maximum Gasteiger partial charge on any atom is 0.363 e. The number of nitrogens with zero attached hydrogens (tertiary/aromatic N) is 1. The molecule has 0 fully saturated rings. The first kappa shape index (κ1) is 14.9. The Morgan fingerprint density at radius 1 is 1.23 bits per heavy atom. The van der Waals surface area contributed by atoms with E-state index >= 15 is 0 Å². The maximum absolute atomic E-state index is 13.8. The average Bonchev–Trinajstić information content (AvgIpc) is 2.84. The molecule has 0 aromatic heterocycles. The summed E-state index contributed by atoms with van der Waals surface area (Å²) in [5, 5.41) is 0.200. The normalized spacial score (nSPS) is 15.9. The van der Waals surface area contributed by atoms with Gasteiger partial charge in [-0.2, -0.15) is 0 Å². The van der Waals surface area contributed by atoms with E-state index in [1.807, 2.05) is 6.07 Å². The van der Waals surface area contributed by atoms with Gasteiger partial charge in [-0.15, -0.1) is 0 Å². The standard InChI is InChI=1S/C16H8BrClFNO2/c17-10-4-1-3-9(7-10)15-20-14(16(21)22-15)8-11-12(18)5-2-6-13(11)19/h1-8H/b14-8-. The summed E-state index contributed by atoms with van der Waals surface area (Å²) in [5.41, 5.74) is 0.753. The Morgan fingerprint density at radius 3 is 2.73 bits per heavy atom. The number of esters is 1. The number of hydrogen-bond donors (Lipinski definition) is 0. The molecule has 110 valence electrons. The molecular weight excluding hydrogens is 373 g/mol. The van der Waals surface area contributed by atoms with Crippen molar-refractivity contribution in [2.45, 2.75) is 0 Å². The summed E-state index contributed by atoms with van der Waals surface area (Å²) in [6.45, 7) is 0. The second-order valence-corrected chi connectivity index (χ2v) is 5.80. The van der Waals surface area contributed by atoms with Crippen LogP contribution in [0.15, 0.2) is 57.6 Å². The van der Waals surface area contributed by atoms with E-state index in [2.05, 4.69) is 20.9 Å². The van der Waals surface area contributed by atoms with Crippen LogP contribution in [0.3, 0.4) is 0 Å². The van der Waals surface area contributed by atoms with E-state index in [1.54, 1.807) is 18.2 Å². The third-order valence-electron chi connectivity index (χ3n) is 2.97. The Morgan fingerprint density at radius 2 is 2.00 bits per heavy atom. The molecule has 2 aromatic carbocycles. The molecule has 0 atom stereocenters. The van der Waals surface area contributed by atoms with Crippen LogP contribution in [-0.4, -0.2) is 11.9 Å². The zero-order valence-electron chi connectivity index (χ0n) is 11.0. The third kappa shape index (κ3) is 2.96. The van der Waals surface area contributed by atoms with Gasteiger partial charge in [-0.3, -0.25) is 0 Å². The second kappa shape index (κ2) is 6.02. The van der Waals surface area contributed by atoms with Crippen LogP contribution >= 0.6 is 27.5 Å². The first-order valence-corrected chi connectivity index (χ1v) is 7.44. The topological polar surface area (TPSA) is 38.7 Å². The van der Waals surface area contributed by atoms with Crippen molar-refractivity contribution in [3.05, 3.63) is 74.6 Å². The van der Waals surface area contributed by atoms with Gasteiger partial charge in [0.15, 0.2) is 5.70 Å². The zero-order valence-corrected chi connectivity index (χ0v) is 13.4. The molecule has 6 heteroatoms. The lowest BCUT2D eigenvalue weighted by atomic mass is 10.2. The van der Waals surface area contributed by atoms with Crippen LogP contribution in [-0.2, 0) is 9.53 Å². The van der Waals surface area contributed by atoms with Crippen LogP contribution in [0.5, 0.6) is 0 Å². The van der Waals surface area contributed by atoms with Crippen LogP contribution in [0, 0.1) is 5.82 Å². The van der Waals surface area contributed by atoms with Crippen LogP contribution in [0.25, 0.3) is 6.08 Å². The van der Waals surface area contributed by atoms with Gasteiger partial charge in [0.25, 0.3) is 0 Å². The van der Waals surface area contributed by atoms with E-state index in [0.717, 1.165) is 4.47 Å². The molecule has 0 saturated heterocycles. The Bertz CT molecular complexity index is 812.